The summed E-state index contributed by atoms with van der Waals surface area (Å²) in [5.41, 5.74) is 6.80. The molecule has 5 rings (SSSR count). The minimum Gasteiger partial charge on any atom is -0.497 e. The fourth-order valence-electron chi connectivity index (χ4n) is 5.03. The van der Waals surface area contributed by atoms with E-state index in [-0.39, 0.29) is 0 Å². The summed E-state index contributed by atoms with van der Waals surface area (Å²) < 4.78 is 35.8. The van der Waals surface area contributed by atoms with E-state index in [0.29, 0.717) is 24.4 Å². The molecule has 2 heterocycles. The van der Waals surface area contributed by atoms with Crippen LogP contribution in [0.5, 0.6) is 5.75 Å². The van der Waals surface area contributed by atoms with Crippen LogP contribution in [0.1, 0.15) is 28.8 Å². The smallest absolute Gasteiger partial charge is 0.243 e. The molecule has 0 unspecified atom stereocenters. The van der Waals surface area contributed by atoms with Gasteiger partial charge in [0.15, 0.2) is 0 Å². The van der Waals surface area contributed by atoms with E-state index in [0.717, 1.165) is 17.9 Å². The van der Waals surface area contributed by atoms with Crippen molar-refractivity contribution in [2.24, 2.45) is 0 Å². The van der Waals surface area contributed by atoms with Crippen LogP contribution in [0.25, 0.3) is 16.5 Å². The summed E-state index contributed by atoms with van der Waals surface area (Å²) in [7, 11) is -1.84. The number of aryl methyl sites for hydroxylation is 1. The lowest BCUT2D eigenvalue weighted by Crippen LogP contribution is -2.35. The second-order valence-corrected chi connectivity index (χ2v) is 10.9. The number of sulfonamides is 1. The maximum Gasteiger partial charge on any atom is 0.243 e. The average molecular weight is 487 g/mol. The molecule has 0 fully saturated rings. The Morgan fingerprint density at radius 3 is 2.31 bits per heavy atom. The molecule has 0 saturated heterocycles. The molecule has 1 aliphatic heterocycles. The number of nitrogens with zero attached hydrogens (tertiary/aromatic N) is 2. The summed E-state index contributed by atoms with van der Waals surface area (Å²) in [5.74, 6) is 0.848. The van der Waals surface area contributed by atoms with Crippen molar-refractivity contribution in [1.82, 2.24) is 8.87 Å². The molecule has 180 valence electrons. The summed E-state index contributed by atoms with van der Waals surface area (Å²) in [6.07, 6.45) is 2.77. The minimum absolute atomic E-state index is 0.378. The number of para-hydroxylation sites is 1. The molecule has 4 aromatic rings. The standard InChI is InChI=1S/C29H30N2O3S/c1-21-8-4-7-11-28(21)35(32,33)30-18-16-24(17-19-30)29-22(2)31(27-10-6-5-9-26(27)29)20-23-12-14-25(34-3)15-13-23/h4-16H,17-20H2,1-3H3. The van der Waals surface area contributed by atoms with Gasteiger partial charge in [-0.05, 0) is 61.2 Å². The Labute approximate surface area is 207 Å². The Balaban J connectivity index is 1.48. The topological polar surface area (TPSA) is 51.5 Å². The zero-order valence-corrected chi connectivity index (χ0v) is 21.2. The number of hydrogen-bond acceptors (Lipinski definition) is 3. The summed E-state index contributed by atoms with van der Waals surface area (Å²) in [6.45, 7) is 5.62. The van der Waals surface area contributed by atoms with Crippen LogP contribution in [0.4, 0.5) is 0 Å². The monoisotopic (exact) mass is 486 g/mol. The van der Waals surface area contributed by atoms with Crippen molar-refractivity contribution in [2.45, 2.75) is 31.7 Å². The zero-order valence-electron chi connectivity index (χ0n) is 20.4. The molecule has 3 aromatic carbocycles. The minimum atomic E-state index is -3.52. The Kier molecular flexibility index (Phi) is 6.26. The third-order valence-corrected chi connectivity index (χ3v) is 8.96. The number of methoxy groups -OCH3 is 1. The molecule has 0 saturated carbocycles. The Morgan fingerprint density at radius 1 is 0.914 bits per heavy atom. The number of rotatable bonds is 6. The molecular formula is C29H30N2O3S. The summed E-state index contributed by atoms with van der Waals surface area (Å²) in [6, 6.07) is 23.8. The van der Waals surface area contributed by atoms with E-state index >= 15 is 0 Å². The second-order valence-electron chi connectivity index (χ2n) is 9.02. The summed E-state index contributed by atoms with van der Waals surface area (Å²) >= 11 is 0. The molecule has 0 bridgehead atoms. The third-order valence-electron chi connectivity index (χ3n) is 6.94. The number of fused-ring (bicyclic) bond motifs is 1. The van der Waals surface area contributed by atoms with Gasteiger partial charge in [-0.3, -0.25) is 0 Å². The lowest BCUT2D eigenvalue weighted by molar-refractivity contribution is 0.414. The van der Waals surface area contributed by atoms with Crippen molar-refractivity contribution in [3.05, 3.63) is 101 Å². The van der Waals surface area contributed by atoms with E-state index in [1.54, 1.807) is 23.5 Å². The van der Waals surface area contributed by atoms with Crippen LogP contribution < -0.4 is 4.74 Å². The predicted molar refractivity (Wildman–Crippen MR) is 141 cm³/mol. The summed E-state index contributed by atoms with van der Waals surface area (Å²) in [4.78, 5) is 0.393. The van der Waals surface area contributed by atoms with E-state index in [4.69, 9.17) is 4.74 Å². The highest BCUT2D eigenvalue weighted by molar-refractivity contribution is 7.89. The van der Waals surface area contributed by atoms with Crippen molar-refractivity contribution >= 4 is 26.5 Å². The van der Waals surface area contributed by atoms with Crippen LogP contribution in [0.3, 0.4) is 0 Å². The molecule has 1 aliphatic rings. The van der Waals surface area contributed by atoms with Crippen LogP contribution in [0.2, 0.25) is 0 Å². The Hall–Kier alpha value is -3.35. The van der Waals surface area contributed by atoms with Crippen LogP contribution in [0, 0.1) is 13.8 Å². The molecule has 35 heavy (non-hydrogen) atoms. The fourth-order valence-corrected chi connectivity index (χ4v) is 6.64. The van der Waals surface area contributed by atoms with E-state index < -0.39 is 10.0 Å². The van der Waals surface area contributed by atoms with Crippen LogP contribution in [-0.4, -0.2) is 37.5 Å². The van der Waals surface area contributed by atoms with Crippen molar-refractivity contribution in [3.63, 3.8) is 0 Å². The van der Waals surface area contributed by atoms with E-state index in [1.807, 2.05) is 31.2 Å². The first-order valence-electron chi connectivity index (χ1n) is 11.9. The number of aromatic nitrogens is 1. The van der Waals surface area contributed by atoms with Crippen LogP contribution >= 0.6 is 0 Å². The van der Waals surface area contributed by atoms with Gasteiger partial charge in [0.2, 0.25) is 10.0 Å². The fraction of sp³-hybridized carbons (Fsp3) is 0.241. The maximum absolute atomic E-state index is 13.3. The molecule has 5 nitrogen and oxygen atoms in total. The van der Waals surface area contributed by atoms with Gasteiger partial charge in [0, 0.05) is 41.8 Å². The SMILES string of the molecule is COc1ccc(Cn2c(C)c(C3=CCN(S(=O)(=O)c4ccccc4C)CC3)c3ccccc32)cc1. The van der Waals surface area contributed by atoms with Gasteiger partial charge in [0.05, 0.1) is 12.0 Å². The molecule has 0 spiro atoms. The molecule has 0 N–H and O–H groups in total. The van der Waals surface area contributed by atoms with Crippen molar-refractivity contribution in [2.75, 3.05) is 20.2 Å². The molecule has 0 radical (unpaired) electrons. The second kappa shape index (κ2) is 9.36. The largest absolute Gasteiger partial charge is 0.497 e. The first-order chi connectivity index (χ1) is 16.9. The quantitative estimate of drug-likeness (QED) is 0.346. The van der Waals surface area contributed by atoms with Crippen molar-refractivity contribution in [1.29, 1.82) is 0 Å². The molecule has 6 heteroatoms. The van der Waals surface area contributed by atoms with Gasteiger partial charge in [0.1, 0.15) is 5.75 Å². The van der Waals surface area contributed by atoms with Crippen molar-refractivity contribution < 1.29 is 13.2 Å². The third kappa shape index (κ3) is 4.28. The lowest BCUT2D eigenvalue weighted by Gasteiger charge is -2.26. The molecule has 0 aliphatic carbocycles. The van der Waals surface area contributed by atoms with Gasteiger partial charge in [-0.1, -0.05) is 54.6 Å². The van der Waals surface area contributed by atoms with Crippen LogP contribution in [-0.2, 0) is 16.6 Å². The Morgan fingerprint density at radius 2 is 1.63 bits per heavy atom. The first-order valence-corrected chi connectivity index (χ1v) is 13.3. The van der Waals surface area contributed by atoms with Gasteiger partial charge in [-0.2, -0.15) is 4.31 Å². The van der Waals surface area contributed by atoms with Crippen LogP contribution in [0.15, 0.2) is 83.8 Å². The van der Waals surface area contributed by atoms with E-state index in [1.165, 1.54) is 33.3 Å². The van der Waals surface area contributed by atoms with Gasteiger partial charge in [-0.15, -0.1) is 0 Å². The molecule has 0 atom stereocenters. The molecule has 0 amide bonds. The highest BCUT2D eigenvalue weighted by Crippen LogP contribution is 2.36. The van der Waals surface area contributed by atoms with Crippen molar-refractivity contribution in [3.8, 4) is 5.75 Å². The molecule has 1 aromatic heterocycles. The van der Waals surface area contributed by atoms with Gasteiger partial charge in [-0.25, -0.2) is 8.42 Å². The predicted octanol–water partition coefficient (Wildman–Crippen LogP) is 5.79. The summed E-state index contributed by atoms with van der Waals surface area (Å²) in [5, 5.41) is 1.21. The van der Waals surface area contributed by atoms with Gasteiger partial charge < -0.3 is 9.30 Å². The lowest BCUT2D eigenvalue weighted by atomic mass is 9.97. The zero-order chi connectivity index (χ0) is 24.6. The van der Waals surface area contributed by atoms with E-state index in [9.17, 15) is 8.42 Å². The van der Waals surface area contributed by atoms with Gasteiger partial charge >= 0.3 is 0 Å². The van der Waals surface area contributed by atoms with Gasteiger partial charge in [0.25, 0.3) is 0 Å². The van der Waals surface area contributed by atoms with E-state index in [2.05, 4.69) is 54.0 Å². The normalized spacial score (nSPS) is 14.8. The highest BCUT2D eigenvalue weighted by atomic mass is 32.2. The number of ether oxygens (including phenoxy) is 1. The highest BCUT2D eigenvalue weighted by Gasteiger charge is 2.29. The maximum atomic E-state index is 13.3. The number of benzene rings is 3. The average Bonchev–Trinajstić information content (AvgIpc) is 3.16. The Bertz CT molecular complexity index is 1520. The first kappa shape index (κ1) is 23.4. The number of hydrogen-bond donors (Lipinski definition) is 0. The molecular weight excluding hydrogens is 456 g/mol.